The molecule has 0 spiro atoms. The van der Waals surface area contributed by atoms with Gasteiger partial charge in [-0.2, -0.15) is 5.10 Å². The summed E-state index contributed by atoms with van der Waals surface area (Å²) in [7, 11) is 0. The molecule has 3 N–H and O–H groups in total. The van der Waals surface area contributed by atoms with E-state index in [2.05, 4.69) is 25.1 Å². The van der Waals surface area contributed by atoms with Gasteiger partial charge < -0.3 is 5.73 Å². The molecule has 0 saturated heterocycles. The number of hydrogen-bond donors (Lipinski definition) is 2. The van der Waals surface area contributed by atoms with Crippen LogP contribution >= 0.6 is 11.8 Å². The lowest BCUT2D eigenvalue weighted by Crippen LogP contribution is -2.01. The summed E-state index contributed by atoms with van der Waals surface area (Å²) in [5.74, 6) is -0.179. The van der Waals surface area contributed by atoms with Crippen molar-refractivity contribution in [2.24, 2.45) is 0 Å². The van der Waals surface area contributed by atoms with Gasteiger partial charge in [-0.05, 0) is 11.8 Å². The van der Waals surface area contributed by atoms with Crippen LogP contribution in [0.4, 0.5) is 11.5 Å². The number of nitrogen functional groups attached to an aromatic ring is 1. The van der Waals surface area contributed by atoms with Crippen LogP contribution in [0.15, 0.2) is 22.8 Å². The number of H-pyrrole nitrogens is 1. The van der Waals surface area contributed by atoms with Crippen molar-refractivity contribution < 1.29 is 4.92 Å². The molecule has 2 aromatic rings. The Morgan fingerprint density at radius 3 is 2.81 bits per heavy atom. The fourth-order valence-electron chi connectivity index (χ4n) is 0.957. The average molecular weight is 239 g/mol. The minimum atomic E-state index is -0.631. The number of nitrogens with two attached hydrogens (primary N) is 1. The Labute approximate surface area is 92.7 Å². The maximum atomic E-state index is 10.8. The molecule has 0 radical (unpaired) electrons. The second-order valence-corrected chi connectivity index (χ2v) is 3.54. The van der Waals surface area contributed by atoms with Gasteiger partial charge >= 0.3 is 5.69 Å². The number of aromatic nitrogens is 5. The van der Waals surface area contributed by atoms with E-state index in [1.54, 1.807) is 0 Å². The minimum Gasteiger partial charge on any atom is -0.378 e. The molecule has 2 heterocycles. The van der Waals surface area contributed by atoms with Gasteiger partial charge in [0.1, 0.15) is 12.7 Å². The second kappa shape index (κ2) is 4.10. The summed E-state index contributed by atoms with van der Waals surface area (Å²) in [5, 5.41) is 17.4. The highest BCUT2D eigenvalue weighted by Crippen LogP contribution is 2.33. The molecule has 0 unspecified atom stereocenters. The number of nitrogens with one attached hydrogen (secondary N) is 1. The summed E-state index contributed by atoms with van der Waals surface area (Å²) < 4.78 is 0. The SMILES string of the molecule is Nc1ncnc(Sc2ncn[nH]2)c1[N+](=O)[O-]. The van der Waals surface area contributed by atoms with Gasteiger partial charge in [0.15, 0.2) is 10.2 Å². The molecule has 16 heavy (non-hydrogen) atoms. The maximum absolute atomic E-state index is 10.8. The Hall–Kier alpha value is -2.23. The lowest BCUT2D eigenvalue weighted by Gasteiger charge is -2.00. The molecule has 0 fully saturated rings. The van der Waals surface area contributed by atoms with Crippen LogP contribution in [-0.4, -0.2) is 30.1 Å². The van der Waals surface area contributed by atoms with Gasteiger partial charge in [0.2, 0.25) is 5.82 Å². The molecule has 82 valence electrons. The molecule has 0 aliphatic rings. The predicted octanol–water partition coefficient (Wildman–Crippen LogP) is 0.236. The van der Waals surface area contributed by atoms with E-state index < -0.39 is 4.92 Å². The van der Waals surface area contributed by atoms with Crippen molar-refractivity contribution in [1.82, 2.24) is 25.1 Å². The highest BCUT2D eigenvalue weighted by molar-refractivity contribution is 7.99. The van der Waals surface area contributed by atoms with E-state index in [9.17, 15) is 10.1 Å². The zero-order valence-electron chi connectivity index (χ0n) is 7.69. The molecule has 0 aliphatic heterocycles. The van der Waals surface area contributed by atoms with Gasteiger partial charge in [-0.3, -0.25) is 15.2 Å². The van der Waals surface area contributed by atoms with Crippen LogP contribution in [0.1, 0.15) is 0 Å². The van der Waals surface area contributed by atoms with Crippen LogP contribution in [0.25, 0.3) is 0 Å². The molecule has 0 aliphatic carbocycles. The van der Waals surface area contributed by atoms with Crippen molar-refractivity contribution in [2.45, 2.75) is 10.2 Å². The van der Waals surface area contributed by atoms with E-state index in [4.69, 9.17) is 5.73 Å². The average Bonchev–Trinajstić information content (AvgIpc) is 2.70. The van der Waals surface area contributed by atoms with E-state index in [0.717, 1.165) is 18.1 Å². The zero-order valence-corrected chi connectivity index (χ0v) is 8.51. The first-order valence-electron chi connectivity index (χ1n) is 3.96. The Kier molecular flexibility index (Phi) is 2.64. The van der Waals surface area contributed by atoms with Crippen LogP contribution in [0.2, 0.25) is 0 Å². The Bertz CT molecular complexity index is 514. The van der Waals surface area contributed by atoms with E-state index in [1.807, 2.05) is 0 Å². The predicted molar refractivity (Wildman–Crippen MR) is 53.6 cm³/mol. The molecular formula is C6H5N7O2S. The number of rotatable bonds is 3. The topological polar surface area (TPSA) is 137 Å². The van der Waals surface area contributed by atoms with Crippen LogP contribution in [-0.2, 0) is 0 Å². The molecule has 10 heteroatoms. The van der Waals surface area contributed by atoms with Crippen molar-refractivity contribution in [3.63, 3.8) is 0 Å². The van der Waals surface area contributed by atoms with Gasteiger partial charge in [0.05, 0.1) is 4.92 Å². The first-order valence-corrected chi connectivity index (χ1v) is 4.78. The van der Waals surface area contributed by atoms with Gasteiger partial charge in [-0.25, -0.2) is 15.0 Å². The molecular weight excluding hydrogens is 234 g/mol. The van der Waals surface area contributed by atoms with Gasteiger partial charge in [0, 0.05) is 0 Å². The molecule has 0 bridgehead atoms. The summed E-state index contributed by atoms with van der Waals surface area (Å²) >= 11 is 0.961. The number of nitrogens with zero attached hydrogens (tertiary/aromatic N) is 5. The van der Waals surface area contributed by atoms with Crippen molar-refractivity contribution in [3.8, 4) is 0 Å². The summed E-state index contributed by atoms with van der Waals surface area (Å²) in [6, 6.07) is 0. The van der Waals surface area contributed by atoms with E-state index in [1.165, 1.54) is 6.33 Å². The highest BCUT2D eigenvalue weighted by Gasteiger charge is 2.22. The number of nitro groups is 1. The van der Waals surface area contributed by atoms with E-state index in [0.29, 0.717) is 5.16 Å². The smallest absolute Gasteiger partial charge is 0.343 e. The van der Waals surface area contributed by atoms with Crippen LogP contribution in [0.3, 0.4) is 0 Å². The zero-order chi connectivity index (χ0) is 11.5. The maximum Gasteiger partial charge on any atom is 0.343 e. The normalized spacial score (nSPS) is 10.2. The Balaban J connectivity index is 2.40. The van der Waals surface area contributed by atoms with Crippen molar-refractivity contribution in [2.75, 3.05) is 5.73 Å². The van der Waals surface area contributed by atoms with Gasteiger partial charge in [-0.15, -0.1) is 0 Å². The van der Waals surface area contributed by atoms with Crippen LogP contribution < -0.4 is 5.73 Å². The van der Waals surface area contributed by atoms with Crippen LogP contribution in [0.5, 0.6) is 0 Å². The van der Waals surface area contributed by atoms with E-state index >= 15 is 0 Å². The molecule has 0 aromatic carbocycles. The van der Waals surface area contributed by atoms with Gasteiger partial charge in [-0.1, -0.05) is 0 Å². The first-order chi connectivity index (χ1) is 7.68. The third kappa shape index (κ3) is 1.91. The lowest BCUT2D eigenvalue weighted by molar-refractivity contribution is -0.387. The summed E-state index contributed by atoms with van der Waals surface area (Å²) in [5.41, 5.74) is 5.07. The Morgan fingerprint density at radius 2 is 2.19 bits per heavy atom. The molecule has 0 amide bonds. The lowest BCUT2D eigenvalue weighted by atomic mass is 10.5. The monoisotopic (exact) mass is 239 g/mol. The summed E-state index contributed by atoms with van der Waals surface area (Å²) in [6.45, 7) is 0. The molecule has 0 atom stereocenters. The fourth-order valence-corrected chi connectivity index (χ4v) is 1.71. The quantitative estimate of drug-likeness (QED) is 0.441. The number of hydrogen-bond acceptors (Lipinski definition) is 8. The van der Waals surface area contributed by atoms with Gasteiger partial charge in [0.25, 0.3) is 0 Å². The number of anilines is 1. The first kappa shape index (κ1) is 10.3. The molecule has 2 rings (SSSR count). The van der Waals surface area contributed by atoms with Crippen molar-refractivity contribution in [3.05, 3.63) is 22.8 Å². The van der Waals surface area contributed by atoms with Crippen LogP contribution in [0, 0.1) is 10.1 Å². The molecule has 9 nitrogen and oxygen atoms in total. The van der Waals surface area contributed by atoms with Crippen molar-refractivity contribution in [1.29, 1.82) is 0 Å². The third-order valence-electron chi connectivity index (χ3n) is 1.59. The standard InChI is InChI=1S/C6H5N7O2S/c7-4-3(13(14)15)5(9-1-8-4)16-6-10-2-11-12-6/h1-2H,(H2,7,8,9)(H,10,11,12). The largest absolute Gasteiger partial charge is 0.378 e. The molecule has 0 saturated carbocycles. The van der Waals surface area contributed by atoms with Crippen molar-refractivity contribution >= 4 is 23.3 Å². The number of aromatic amines is 1. The fraction of sp³-hybridized carbons (Fsp3) is 0. The third-order valence-corrected chi connectivity index (χ3v) is 2.47. The summed E-state index contributed by atoms with van der Waals surface area (Å²) in [4.78, 5) is 21.3. The second-order valence-electron chi connectivity index (χ2n) is 2.56. The Morgan fingerprint density at radius 1 is 1.38 bits per heavy atom. The highest BCUT2D eigenvalue weighted by atomic mass is 32.2. The summed E-state index contributed by atoms with van der Waals surface area (Å²) in [6.07, 6.45) is 2.44. The molecule has 2 aromatic heterocycles. The minimum absolute atomic E-state index is 0.120. The van der Waals surface area contributed by atoms with E-state index in [-0.39, 0.29) is 16.5 Å².